The minimum atomic E-state index is 0.853. The summed E-state index contributed by atoms with van der Waals surface area (Å²) in [6, 6.07) is 27.7. The molecular weight excluding hydrogens is 470 g/mol. The SMILES string of the molecule is COc1ccc(-c2c(-c3ccc(C)cc3)n3nc(-c4ccccc4)c(CN4CCN(C)CC4)c3n2C)cc1. The fourth-order valence-electron chi connectivity index (χ4n) is 5.56. The quantitative estimate of drug-likeness (QED) is 0.295. The zero-order chi connectivity index (χ0) is 26.2. The second-order valence-corrected chi connectivity index (χ2v) is 10.4. The van der Waals surface area contributed by atoms with Crippen LogP contribution < -0.4 is 4.74 Å². The summed E-state index contributed by atoms with van der Waals surface area (Å²) in [6.07, 6.45) is 0. The molecule has 0 radical (unpaired) electrons. The molecule has 0 aliphatic carbocycles. The average molecular weight is 506 g/mol. The number of ether oxygens (including phenoxy) is 1. The summed E-state index contributed by atoms with van der Waals surface area (Å²) in [5.41, 5.74) is 10.4. The van der Waals surface area contributed by atoms with Crippen molar-refractivity contribution in [1.82, 2.24) is 24.0 Å². The fourth-order valence-corrected chi connectivity index (χ4v) is 5.56. The number of benzene rings is 3. The van der Waals surface area contributed by atoms with E-state index in [1.807, 2.05) is 12.1 Å². The molecule has 0 amide bonds. The van der Waals surface area contributed by atoms with Crippen LogP contribution in [0.4, 0.5) is 0 Å². The molecule has 1 fully saturated rings. The van der Waals surface area contributed by atoms with Crippen LogP contribution in [-0.2, 0) is 13.6 Å². The van der Waals surface area contributed by atoms with Crippen molar-refractivity contribution in [3.63, 3.8) is 0 Å². The molecule has 0 saturated carbocycles. The average Bonchev–Trinajstić information content (AvgIpc) is 3.45. The molecule has 0 N–H and O–H groups in total. The first kappa shape index (κ1) is 24.5. The van der Waals surface area contributed by atoms with Crippen molar-refractivity contribution in [2.24, 2.45) is 7.05 Å². The van der Waals surface area contributed by atoms with Crippen molar-refractivity contribution >= 4 is 5.65 Å². The molecule has 0 spiro atoms. The van der Waals surface area contributed by atoms with E-state index >= 15 is 0 Å². The van der Waals surface area contributed by atoms with Gasteiger partial charge in [0.15, 0.2) is 0 Å². The van der Waals surface area contributed by atoms with Crippen molar-refractivity contribution in [2.45, 2.75) is 13.5 Å². The number of piperazine rings is 1. The Morgan fingerprint density at radius 3 is 2.03 bits per heavy atom. The van der Waals surface area contributed by atoms with E-state index in [4.69, 9.17) is 9.84 Å². The van der Waals surface area contributed by atoms with Gasteiger partial charge in [-0.1, -0.05) is 60.2 Å². The Morgan fingerprint density at radius 1 is 0.737 bits per heavy atom. The third-order valence-electron chi connectivity index (χ3n) is 7.76. The standard InChI is InChI=1S/C32H35N5O/c1-23-10-12-26(13-11-23)31-30(25-14-16-27(38-4)17-15-25)35(3)32-28(22-36-20-18-34(2)19-21-36)29(33-37(31)32)24-8-6-5-7-9-24/h5-17H,18-22H2,1-4H3. The highest BCUT2D eigenvalue weighted by Gasteiger charge is 2.27. The van der Waals surface area contributed by atoms with Gasteiger partial charge in [-0.2, -0.15) is 5.10 Å². The Hall–Kier alpha value is -3.87. The zero-order valence-electron chi connectivity index (χ0n) is 22.7. The molecule has 2 aromatic heterocycles. The Bertz CT molecular complexity index is 1540. The number of likely N-dealkylation sites (N-methyl/N-ethyl adjacent to an activating group) is 1. The van der Waals surface area contributed by atoms with Crippen LogP contribution in [0.1, 0.15) is 11.1 Å². The lowest BCUT2D eigenvalue weighted by atomic mass is 10.0. The number of methoxy groups -OCH3 is 1. The molecule has 5 aromatic rings. The van der Waals surface area contributed by atoms with Gasteiger partial charge in [0.1, 0.15) is 11.4 Å². The summed E-state index contributed by atoms with van der Waals surface area (Å²) >= 11 is 0. The van der Waals surface area contributed by atoms with E-state index in [9.17, 15) is 0 Å². The van der Waals surface area contributed by atoms with E-state index in [0.717, 1.165) is 77.9 Å². The summed E-state index contributed by atoms with van der Waals surface area (Å²) in [5, 5.41) is 5.34. The van der Waals surface area contributed by atoms with Gasteiger partial charge in [0.05, 0.1) is 24.2 Å². The van der Waals surface area contributed by atoms with Gasteiger partial charge in [-0.25, -0.2) is 4.52 Å². The molecule has 3 heterocycles. The predicted octanol–water partition coefficient (Wildman–Crippen LogP) is 5.74. The van der Waals surface area contributed by atoms with Gasteiger partial charge in [0.2, 0.25) is 0 Å². The van der Waals surface area contributed by atoms with Crippen LogP contribution in [-0.4, -0.2) is 64.3 Å². The maximum absolute atomic E-state index is 5.45. The summed E-state index contributed by atoms with van der Waals surface area (Å²) in [5.74, 6) is 0.853. The van der Waals surface area contributed by atoms with Gasteiger partial charge in [-0.15, -0.1) is 0 Å². The number of aryl methyl sites for hydroxylation is 2. The molecule has 6 heteroatoms. The van der Waals surface area contributed by atoms with E-state index in [-0.39, 0.29) is 0 Å². The highest BCUT2D eigenvalue weighted by molar-refractivity contribution is 5.85. The molecule has 0 atom stereocenters. The molecule has 3 aromatic carbocycles. The zero-order valence-corrected chi connectivity index (χ0v) is 22.7. The predicted molar refractivity (Wildman–Crippen MR) is 155 cm³/mol. The molecule has 6 nitrogen and oxygen atoms in total. The Kier molecular flexibility index (Phi) is 6.52. The van der Waals surface area contributed by atoms with Crippen LogP contribution in [0.3, 0.4) is 0 Å². The molecule has 0 bridgehead atoms. The van der Waals surface area contributed by atoms with Crippen LogP contribution >= 0.6 is 0 Å². The van der Waals surface area contributed by atoms with Crippen LogP contribution in [0.15, 0.2) is 78.9 Å². The van der Waals surface area contributed by atoms with Crippen molar-refractivity contribution < 1.29 is 4.74 Å². The first-order valence-corrected chi connectivity index (χ1v) is 13.3. The number of hydrogen-bond acceptors (Lipinski definition) is 4. The van der Waals surface area contributed by atoms with Crippen molar-refractivity contribution in [1.29, 1.82) is 0 Å². The third kappa shape index (κ3) is 4.40. The van der Waals surface area contributed by atoms with Crippen LogP contribution in [0, 0.1) is 6.92 Å². The molecule has 1 aliphatic heterocycles. The van der Waals surface area contributed by atoms with E-state index in [1.165, 1.54) is 11.1 Å². The van der Waals surface area contributed by atoms with E-state index in [1.54, 1.807) is 7.11 Å². The highest BCUT2D eigenvalue weighted by Crippen LogP contribution is 2.39. The summed E-state index contributed by atoms with van der Waals surface area (Å²) < 4.78 is 9.96. The summed E-state index contributed by atoms with van der Waals surface area (Å²) in [6.45, 7) is 7.29. The Balaban J connectivity index is 1.61. The smallest absolute Gasteiger partial charge is 0.141 e. The van der Waals surface area contributed by atoms with Crippen LogP contribution in [0.25, 0.3) is 39.4 Å². The number of rotatable bonds is 6. The van der Waals surface area contributed by atoms with Crippen LogP contribution in [0.2, 0.25) is 0 Å². The fraction of sp³-hybridized carbons (Fsp3) is 0.281. The van der Waals surface area contributed by atoms with Gasteiger partial charge in [0, 0.05) is 62.0 Å². The lowest BCUT2D eigenvalue weighted by Gasteiger charge is -2.32. The number of fused-ring (bicyclic) bond motifs is 1. The normalized spacial score (nSPS) is 14.8. The lowest BCUT2D eigenvalue weighted by molar-refractivity contribution is 0.148. The van der Waals surface area contributed by atoms with Crippen LogP contribution in [0.5, 0.6) is 5.75 Å². The molecule has 1 saturated heterocycles. The minimum absolute atomic E-state index is 0.853. The highest BCUT2D eigenvalue weighted by atomic mass is 16.5. The van der Waals surface area contributed by atoms with E-state index < -0.39 is 0 Å². The Morgan fingerprint density at radius 2 is 1.37 bits per heavy atom. The van der Waals surface area contributed by atoms with Gasteiger partial charge in [0.25, 0.3) is 0 Å². The number of aromatic nitrogens is 3. The van der Waals surface area contributed by atoms with Gasteiger partial charge in [-0.3, -0.25) is 4.90 Å². The molecule has 1 aliphatic rings. The molecular formula is C32H35N5O. The van der Waals surface area contributed by atoms with E-state index in [2.05, 4.69) is 107 Å². The maximum Gasteiger partial charge on any atom is 0.141 e. The molecule has 38 heavy (non-hydrogen) atoms. The molecule has 194 valence electrons. The van der Waals surface area contributed by atoms with Crippen molar-refractivity contribution in [3.8, 4) is 39.5 Å². The maximum atomic E-state index is 5.45. The number of nitrogens with zero attached hydrogens (tertiary/aromatic N) is 5. The number of hydrogen-bond donors (Lipinski definition) is 0. The minimum Gasteiger partial charge on any atom is -0.497 e. The van der Waals surface area contributed by atoms with E-state index in [0.29, 0.717) is 0 Å². The first-order valence-electron chi connectivity index (χ1n) is 13.3. The second-order valence-electron chi connectivity index (χ2n) is 10.4. The monoisotopic (exact) mass is 505 g/mol. The van der Waals surface area contributed by atoms with Gasteiger partial charge in [-0.05, 0) is 38.2 Å². The second kappa shape index (κ2) is 10.1. The lowest BCUT2D eigenvalue weighted by Crippen LogP contribution is -2.43. The van der Waals surface area contributed by atoms with Crippen molar-refractivity contribution in [3.05, 3.63) is 90.0 Å². The summed E-state index contributed by atoms with van der Waals surface area (Å²) in [7, 11) is 6.09. The van der Waals surface area contributed by atoms with Gasteiger partial charge < -0.3 is 14.2 Å². The topological polar surface area (TPSA) is 37.9 Å². The molecule has 6 rings (SSSR count). The Labute approximate surface area is 224 Å². The molecule has 0 unspecified atom stereocenters. The summed E-state index contributed by atoms with van der Waals surface area (Å²) in [4.78, 5) is 4.97. The largest absolute Gasteiger partial charge is 0.497 e. The van der Waals surface area contributed by atoms with Gasteiger partial charge >= 0.3 is 0 Å². The third-order valence-corrected chi connectivity index (χ3v) is 7.76. The first-order chi connectivity index (χ1) is 18.5. The van der Waals surface area contributed by atoms with Crippen molar-refractivity contribution in [2.75, 3.05) is 40.3 Å². The number of imidazole rings is 1.